The van der Waals surface area contributed by atoms with E-state index in [4.69, 9.17) is 4.74 Å². The lowest BCUT2D eigenvalue weighted by Crippen LogP contribution is -2.20. The Morgan fingerprint density at radius 2 is 2.04 bits per heavy atom. The first-order valence-electron chi connectivity index (χ1n) is 7.37. The summed E-state index contributed by atoms with van der Waals surface area (Å²) in [6.07, 6.45) is 0.761. The van der Waals surface area contributed by atoms with Gasteiger partial charge in [-0.3, -0.25) is 0 Å². The number of nitrogens with one attached hydrogen (secondary N) is 1. The number of rotatable bonds is 3. The Balaban J connectivity index is 1.58. The topological polar surface area (TPSA) is 47.0 Å². The minimum atomic E-state index is -0.261. The number of nitrogens with zero attached hydrogens (tertiary/aromatic N) is 2. The molecule has 23 heavy (non-hydrogen) atoms. The van der Waals surface area contributed by atoms with E-state index in [1.165, 1.54) is 23.7 Å². The Hall–Kier alpha value is -2.47. The maximum atomic E-state index is 13.5. The van der Waals surface area contributed by atoms with E-state index in [-0.39, 0.29) is 11.9 Å². The number of hydrogen-bond acceptors (Lipinski definition) is 5. The highest BCUT2D eigenvalue weighted by atomic mass is 32.1. The number of fused-ring (bicyclic) bond motifs is 1. The van der Waals surface area contributed by atoms with Crippen LogP contribution in [0.3, 0.4) is 0 Å². The molecule has 1 unspecified atom stereocenters. The summed E-state index contributed by atoms with van der Waals surface area (Å²) in [5.74, 6) is 1.16. The Bertz CT molecular complexity index is 822. The van der Waals surface area contributed by atoms with Gasteiger partial charge < -0.3 is 10.1 Å². The lowest BCUT2D eigenvalue weighted by Gasteiger charge is -2.26. The summed E-state index contributed by atoms with van der Waals surface area (Å²) < 4.78 is 23.5. The lowest BCUT2D eigenvalue weighted by atomic mass is 10.0. The van der Waals surface area contributed by atoms with Gasteiger partial charge in [-0.25, -0.2) is 4.39 Å². The standard InChI is InChI=1S/C17H14FN3OS/c18-12-6-7-15-13(10-12)14(8-9-22-15)19-17-20-16(21-23-17)11-4-2-1-3-5-11/h1-7,10,14H,8-9H2,(H,19,20,21). The molecule has 0 saturated heterocycles. The van der Waals surface area contributed by atoms with Crippen molar-refractivity contribution in [2.24, 2.45) is 0 Å². The van der Waals surface area contributed by atoms with Gasteiger partial charge in [-0.1, -0.05) is 30.3 Å². The Kier molecular flexibility index (Phi) is 3.67. The van der Waals surface area contributed by atoms with Gasteiger partial charge >= 0.3 is 0 Å². The molecule has 0 saturated carbocycles. The van der Waals surface area contributed by atoms with Crippen molar-refractivity contribution in [3.05, 3.63) is 59.9 Å². The Labute approximate surface area is 137 Å². The molecule has 0 amide bonds. The maximum Gasteiger partial charge on any atom is 0.203 e. The summed E-state index contributed by atoms with van der Waals surface area (Å²) in [7, 11) is 0. The second kappa shape index (κ2) is 5.96. The number of hydrogen-bond donors (Lipinski definition) is 1. The van der Waals surface area contributed by atoms with Gasteiger partial charge in [0.1, 0.15) is 11.6 Å². The van der Waals surface area contributed by atoms with Crippen LogP contribution in [0.5, 0.6) is 5.75 Å². The second-order valence-corrected chi connectivity index (χ2v) is 6.06. The third-order valence-corrected chi connectivity index (χ3v) is 4.41. The molecule has 4 rings (SSSR count). The molecule has 1 aromatic heterocycles. The minimum Gasteiger partial charge on any atom is -0.493 e. The van der Waals surface area contributed by atoms with E-state index in [2.05, 4.69) is 14.7 Å². The summed E-state index contributed by atoms with van der Waals surface area (Å²) in [6, 6.07) is 14.4. The molecule has 116 valence electrons. The fourth-order valence-electron chi connectivity index (χ4n) is 2.65. The van der Waals surface area contributed by atoms with Crippen molar-refractivity contribution in [2.75, 3.05) is 11.9 Å². The Morgan fingerprint density at radius 1 is 1.17 bits per heavy atom. The maximum absolute atomic E-state index is 13.5. The number of aromatic nitrogens is 2. The average Bonchev–Trinajstić information content (AvgIpc) is 3.05. The summed E-state index contributed by atoms with van der Waals surface area (Å²) >= 11 is 1.31. The summed E-state index contributed by atoms with van der Waals surface area (Å²) in [4.78, 5) is 4.53. The molecule has 0 aliphatic carbocycles. The van der Waals surface area contributed by atoms with E-state index >= 15 is 0 Å². The first kappa shape index (κ1) is 14.1. The van der Waals surface area contributed by atoms with Crippen LogP contribution in [0.4, 0.5) is 9.52 Å². The lowest BCUT2D eigenvalue weighted by molar-refractivity contribution is 0.273. The van der Waals surface area contributed by atoms with Crippen LogP contribution in [0.15, 0.2) is 48.5 Å². The van der Waals surface area contributed by atoms with Crippen LogP contribution < -0.4 is 10.1 Å². The molecule has 1 aliphatic heterocycles. The largest absolute Gasteiger partial charge is 0.493 e. The molecule has 2 aromatic carbocycles. The first-order valence-corrected chi connectivity index (χ1v) is 8.15. The van der Waals surface area contributed by atoms with Gasteiger partial charge in [-0.2, -0.15) is 9.36 Å². The van der Waals surface area contributed by atoms with Gasteiger partial charge in [0.25, 0.3) is 0 Å². The molecule has 0 spiro atoms. The van der Waals surface area contributed by atoms with Crippen molar-refractivity contribution in [2.45, 2.75) is 12.5 Å². The second-order valence-electron chi connectivity index (χ2n) is 5.31. The SMILES string of the molecule is Fc1ccc2c(c1)C(Nc1nc(-c3ccccc3)ns1)CCO2. The van der Waals surface area contributed by atoms with Crippen LogP contribution in [0.1, 0.15) is 18.0 Å². The molecule has 4 nitrogen and oxygen atoms in total. The first-order chi connectivity index (χ1) is 11.3. The third-order valence-electron chi connectivity index (χ3n) is 3.77. The molecule has 2 heterocycles. The predicted octanol–water partition coefficient (Wildman–Crippen LogP) is 4.28. The van der Waals surface area contributed by atoms with Gasteiger partial charge in [0.15, 0.2) is 5.82 Å². The summed E-state index contributed by atoms with van der Waals surface area (Å²) in [6.45, 7) is 0.598. The van der Waals surface area contributed by atoms with Gasteiger partial charge in [-0.05, 0) is 18.2 Å². The van der Waals surface area contributed by atoms with E-state index in [0.717, 1.165) is 28.4 Å². The molecule has 0 radical (unpaired) electrons. The average molecular weight is 327 g/mol. The van der Waals surface area contributed by atoms with Crippen molar-refractivity contribution >= 4 is 16.7 Å². The van der Waals surface area contributed by atoms with Crippen LogP contribution in [0.2, 0.25) is 0 Å². The van der Waals surface area contributed by atoms with E-state index in [1.54, 1.807) is 6.07 Å². The van der Waals surface area contributed by atoms with E-state index in [1.807, 2.05) is 30.3 Å². The number of ether oxygens (including phenoxy) is 1. The van der Waals surface area contributed by atoms with E-state index < -0.39 is 0 Å². The van der Waals surface area contributed by atoms with Crippen molar-refractivity contribution in [1.82, 2.24) is 9.36 Å². The highest BCUT2D eigenvalue weighted by Crippen LogP contribution is 2.35. The predicted molar refractivity (Wildman–Crippen MR) is 88.2 cm³/mol. The van der Waals surface area contributed by atoms with Gasteiger partial charge in [-0.15, -0.1) is 0 Å². The fraction of sp³-hybridized carbons (Fsp3) is 0.176. The van der Waals surface area contributed by atoms with Crippen LogP contribution in [0.25, 0.3) is 11.4 Å². The van der Waals surface area contributed by atoms with Crippen LogP contribution in [-0.2, 0) is 0 Å². The van der Waals surface area contributed by atoms with E-state index in [9.17, 15) is 4.39 Å². The summed E-state index contributed by atoms with van der Waals surface area (Å²) in [5.41, 5.74) is 1.81. The monoisotopic (exact) mass is 327 g/mol. The number of halogens is 1. The van der Waals surface area contributed by atoms with Gasteiger partial charge in [0.2, 0.25) is 5.13 Å². The zero-order chi connectivity index (χ0) is 15.6. The zero-order valence-corrected chi connectivity index (χ0v) is 13.0. The molecule has 0 bridgehead atoms. The minimum absolute atomic E-state index is 0.0222. The molecular weight excluding hydrogens is 313 g/mol. The van der Waals surface area contributed by atoms with Crippen LogP contribution >= 0.6 is 11.5 Å². The molecule has 1 atom stereocenters. The normalized spacial score (nSPS) is 16.5. The molecule has 3 aromatic rings. The molecule has 0 fully saturated rings. The van der Waals surface area contributed by atoms with Crippen molar-refractivity contribution in [1.29, 1.82) is 0 Å². The van der Waals surface area contributed by atoms with Gasteiger partial charge in [0.05, 0.1) is 12.6 Å². The van der Waals surface area contributed by atoms with Gasteiger partial charge in [0, 0.05) is 29.1 Å². The Morgan fingerprint density at radius 3 is 2.91 bits per heavy atom. The zero-order valence-electron chi connectivity index (χ0n) is 12.2. The van der Waals surface area contributed by atoms with Crippen LogP contribution in [0, 0.1) is 5.82 Å². The van der Waals surface area contributed by atoms with E-state index in [0.29, 0.717) is 12.4 Å². The van der Waals surface area contributed by atoms with Crippen molar-refractivity contribution in [3.8, 4) is 17.1 Å². The molecule has 1 N–H and O–H groups in total. The summed E-state index contributed by atoms with van der Waals surface area (Å²) in [5, 5.41) is 4.08. The molecule has 6 heteroatoms. The smallest absolute Gasteiger partial charge is 0.203 e. The van der Waals surface area contributed by atoms with Crippen molar-refractivity contribution < 1.29 is 9.13 Å². The van der Waals surface area contributed by atoms with Crippen molar-refractivity contribution in [3.63, 3.8) is 0 Å². The fourth-order valence-corrected chi connectivity index (χ4v) is 3.29. The number of anilines is 1. The highest BCUT2D eigenvalue weighted by Gasteiger charge is 2.23. The molecular formula is C17H14FN3OS. The van der Waals surface area contributed by atoms with Crippen LogP contribution in [-0.4, -0.2) is 16.0 Å². The highest BCUT2D eigenvalue weighted by molar-refractivity contribution is 7.09. The third kappa shape index (κ3) is 2.90. The molecule has 1 aliphatic rings. The quantitative estimate of drug-likeness (QED) is 0.780. The number of benzene rings is 2.